The minimum absolute atomic E-state index is 0.295. The molecule has 2 aliphatic carbocycles. The van der Waals surface area contributed by atoms with Gasteiger partial charge >= 0.3 is 0 Å². The van der Waals surface area contributed by atoms with Gasteiger partial charge in [-0.05, 0) is 74.4 Å². The summed E-state index contributed by atoms with van der Waals surface area (Å²) in [4.78, 5) is 0. The van der Waals surface area contributed by atoms with E-state index in [1.165, 1.54) is 55.1 Å². The summed E-state index contributed by atoms with van der Waals surface area (Å²) >= 11 is 0. The van der Waals surface area contributed by atoms with E-state index in [1.807, 2.05) is 0 Å². The maximum atomic E-state index is 2.48. The molecular formula is C32H28. The molecule has 0 nitrogen and oxygen atoms in total. The van der Waals surface area contributed by atoms with E-state index in [0.29, 0.717) is 11.8 Å². The second-order valence-corrected chi connectivity index (χ2v) is 9.42. The van der Waals surface area contributed by atoms with Crippen molar-refractivity contribution in [3.05, 3.63) is 140 Å². The largest absolute Gasteiger partial charge is 0.0647 e. The molecule has 2 unspecified atom stereocenters. The van der Waals surface area contributed by atoms with Crippen LogP contribution in [0.15, 0.2) is 91.0 Å². The van der Waals surface area contributed by atoms with E-state index in [9.17, 15) is 0 Å². The van der Waals surface area contributed by atoms with Gasteiger partial charge in [-0.3, -0.25) is 0 Å². The van der Waals surface area contributed by atoms with Crippen molar-refractivity contribution in [1.82, 2.24) is 0 Å². The molecule has 0 radical (unpaired) electrons. The van der Waals surface area contributed by atoms with Gasteiger partial charge in [-0.15, -0.1) is 0 Å². The zero-order valence-electron chi connectivity index (χ0n) is 18.8. The predicted molar refractivity (Wildman–Crippen MR) is 134 cm³/mol. The molecule has 0 aliphatic heterocycles. The highest BCUT2D eigenvalue weighted by molar-refractivity contribution is 5.71. The van der Waals surface area contributed by atoms with Crippen LogP contribution in [0.4, 0.5) is 0 Å². The Morgan fingerprint density at radius 3 is 2.34 bits per heavy atom. The summed E-state index contributed by atoms with van der Waals surface area (Å²) < 4.78 is 0. The van der Waals surface area contributed by atoms with E-state index in [-0.39, 0.29) is 0 Å². The van der Waals surface area contributed by atoms with E-state index in [4.69, 9.17) is 0 Å². The van der Waals surface area contributed by atoms with Crippen LogP contribution in [0.3, 0.4) is 0 Å². The molecule has 0 aromatic heterocycles. The topological polar surface area (TPSA) is 0 Å². The van der Waals surface area contributed by atoms with Crippen LogP contribution in [0.25, 0.3) is 11.6 Å². The van der Waals surface area contributed by atoms with Crippen molar-refractivity contribution in [3.63, 3.8) is 0 Å². The molecule has 4 aromatic rings. The molecule has 6 rings (SSSR count). The average Bonchev–Trinajstić information content (AvgIpc) is 2.83. The van der Waals surface area contributed by atoms with Crippen molar-refractivity contribution < 1.29 is 0 Å². The highest BCUT2D eigenvalue weighted by atomic mass is 14.3. The first kappa shape index (κ1) is 19.3. The highest BCUT2D eigenvalue weighted by Crippen LogP contribution is 2.35. The molecule has 0 amide bonds. The summed E-state index contributed by atoms with van der Waals surface area (Å²) in [5.74, 6) is 0.862. The number of fused-ring (bicyclic) bond motifs is 4. The molecular weight excluding hydrogens is 384 g/mol. The van der Waals surface area contributed by atoms with E-state index in [1.54, 1.807) is 5.56 Å². The van der Waals surface area contributed by atoms with Crippen molar-refractivity contribution in [1.29, 1.82) is 0 Å². The summed E-state index contributed by atoms with van der Waals surface area (Å²) in [5.41, 5.74) is 8.68. The summed E-state index contributed by atoms with van der Waals surface area (Å²) in [6, 6.07) is 33.8. The van der Waals surface area contributed by atoms with E-state index in [2.05, 4.69) is 111 Å². The van der Waals surface area contributed by atoms with Gasteiger partial charge in [0, 0.05) is 5.92 Å². The quantitative estimate of drug-likeness (QED) is 0.379. The van der Waals surface area contributed by atoms with E-state index < -0.39 is 0 Å². The molecule has 0 saturated heterocycles. The lowest BCUT2D eigenvalue weighted by molar-refractivity contribution is 0.637. The lowest BCUT2D eigenvalue weighted by Crippen LogP contribution is -2.28. The summed E-state index contributed by atoms with van der Waals surface area (Å²) in [7, 11) is 0. The molecule has 2 aliphatic rings. The van der Waals surface area contributed by atoms with Crippen LogP contribution in [0.5, 0.6) is 0 Å². The lowest BCUT2D eigenvalue weighted by atomic mass is 9.75. The van der Waals surface area contributed by atoms with Crippen molar-refractivity contribution in [2.24, 2.45) is 5.92 Å². The number of aryl methyl sites for hydroxylation is 1. The predicted octanol–water partition coefficient (Wildman–Crippen LogP) is 5.99. The second-order valence-electron chi connectivity index (χ2n) is 9.42. The SMILES string of the molecule is Cc1cccc(C2=c3ccc4c(c3CCC2C)C(c2ccccc2)C=c2ccccc2=4)c1. The summed E-state index contributed by atoms with van der Waals surface area (Å²) in [6.45, 7) is 4.60. The van der Waals surface area contributed by atoms with Crippen LogP contribution in [0, 0.1) is 23.3 Å². The molecule has 0 spiro atoms. The molecule has 0 fully saturated rings. The molecule has 4 aromatic carbocycles. The van der Waals surface area contributed by atoms with Crippen LogP contribution in [0.1, 0.15) is 47.1 Å². The fourth-order valence-corrected chi connectivity index (χ4v) is 5.87. The van der Waals surface area contributed by atoms with Gasteiger partial charge in [-0.25, -0.2) is 0 Å². The molecule has 2 atom stereocenters. The standard InChI is InChI=1S/C32H28/c1-21-9-8-13-25(19-21)31-22(2)15-16-29-28(31)18-17-27-26-14-7-6-12-24(26)20-30(32(27)29)23-10-4-3-5-11-23/h3-14,17-20,22,30H,15-16H2,1-2H3. The van der Waals surface area contributed by atoms with Crippen LogP contribution in [0.2, 0.25) is 0 Å². The Hall–Kier alpha value is -3.38. The van der Waals surface area contributed by atoms with Crippen LogP contribution in [-0.4, -0.2) is 0 Å². The second kappa shape index (κ2) is 7.64. The molecule has 0 N–H and O–H groups in total. The number of hydrogen-bond donors (Lipinski definition) is 0. The summed E-state index contributed by atoms with van der Waals surface area (Å²) in [5, 5.41) is 5.59. The zero-order chi connectivity index (χ0) is 21.7. The van der Waals surface area contributed by atoms with Crippen LogP contribution >= 0.6 is 0 Å². The monoisotopic (exact) mass is 412 g/mol. The highest BCUT2D eigenvalue weighted by Gasteiger charge is 2.25. The average molecular weight is 413 g/mol. The number of hydrogen-bond acceptors (Lipinski definition) is 0. The Kier molecular flexibility index (Phi) is 4.61. The first-order valence-corrected chi connectivity index (χ1v) is 11.8. The molecule has 0 heterocycles. The Labute approximate surface area is 189 Å². The Bertz CT molecular complexity index is 1540. The Morgan fingerprint density at radius 2 is 1.50 bits per heavy atom. The van der Waals surface area contributed by atoms with Crippen molar-refractivity contribution >= 4 is 11.6 Å². The minimum Gasteiger partial charge on any atom is -0.0647 e. The van der Waals surface area contributed by atoms with Gasteiger partial charge in [0.05, 0.1) is 0 Å². The normalized spacial score (nSPS) is 18.9. The maximum absolute atomic E-state index is 2.48. The van der Waals surface area contributed by atoms with Crippen LogP contribution < -0.4 is 10.4 Å². The van der Waals surface area contributed by atoms with Gasteiger partial charge in [0.2, 0.25) is 0 Å². The molecule has 0 heteroatoms. The Balaban J connectivity index is 1.76. The van der Waals surface area contributed by atoms with Crippen molar-refractivity contribution in [2.75, 3.05) is 0 Å². The van der Waals surface area contributed by atoms with Gasteiger partial charge in [0.25, 0.3) is 0 Å². The first-order chi connectivity index (χ1) is 15.7. The van der Waals surface area contributed by atoms with Crippen molar-refractivity contribution in [2.45, 2.75) is 32.6 Å². The Morgan fingerprint density at radius 1 is 0.719 bits per heavy atom. The van der Waals surface area contributed by atoms with Crippen molar-refractivity contribution in [3.8, 4) is 0 Å². The molecule has 32 heavy (non-hydrogen) atoms. The third kappa shape index (κ3) is 3.06. The molecule has 0 saturated carbocycles. The van der Waals surface area contributed by atoms with Gasteiger partial charge in [-0.2, -0.15) is 0 Å². The van der Waals surface area contributed by atoms with Gasteiger partial charge < -0.3 is 0 Å². The maximum Gasteiger partial charge on any atom is 0.0287 e. The fourth-order valence-electron chi connectivity index (χ4n) is 5.87. The number of benzene rings is 4. The fraction of sp³-hybridized carbons (Fsp3) is 0.188. The van der Waals surface area contributed by atoms with E-state index in [0.717, 1.165) is 6.42 Å². The minimum atomic E-state index is 0.295. The molecule has 0 bridgehead atoms. The zero-order valence-corrected chi connectivity index (χ0v) is 18.8. The lowest BCUT2D eigenvalue weighted by Gasteiger charge is -2.29. The molecule has 156 valence electrons. The van der Waals surface area contributed by atoms with E-state index >= 15 is 0 Å². The smallest absolute Gasteiger partial charge is 0.0287 e. The third-order valence-corrected chi connectivity index (χ3v) is 7.36. The van der Waals surface area contributed by atoms with Gasteiger partial charge in [0.15, 0.2) is 0 Å². The first-order valence-electron chi connectivity index (χ1n) is 11.8. The van der Waals surface area contributed by atoms with Gasteiger partial charge in [-0.1, -0.05) is 110 Å². The summed E-state index contributed by atoms with van der Waals surface area (Å²) in [6.07, 6.45) is 4.84. The number of rotatable bonds is 2. The third-order valence-electron chi connectivity index (χ3n) is 7.36. The van der Waals surface area contributed by atoms with Crippen LogP contribution in [-0.2, 0) is 6.42 Å². The van der Waals surface area contributed by atoms with Gasteiger partial charge in [0.1, 0.15) is 0 Å².